The third-order valence-electron chi connectivity index (χ3n) is 5.60. The fourth-order valence-electron chi connectivity index (χ4n) is 3.87. The van der Waals surface area contributed by atoms with Crippen LogP contribution in [0, 0.1) is 5.92 Å². The van der Waals surface area contributed by atoms with E-state index in [1.54, 1.807) is 33.2 Å². The molecule has 0 radical (unpaired) electrons. The largest absolute Gasteiger partial charge is 0.486 e. The van der Waals surface area contributed by atoms with E-state index in [0.29, 0.717) is 18.0 Å². The Hall–Kier alpha value is -2.91. The Morgan fingerprint density at radius 1 is 1.15 bits per heavy atom. The van der Waals surface area contributed by atoms with Gasteiger partial charge in [-0.05, 0) is 46.5 Å². The van der Waals surface area contributed by atoms with Crippen LogP contribution in [0.15, 0.2) is 24.3 Å². The van der Waals surface area contributed by atoms with E-state index in [2.05, 4.69) is 20.2 Å². The maximum atomic E-state index is 13.1. The van der Waals surface area contributed by atoms with Crippen LogP contribution < -0.4 is 15.0 Å². The van der Waals surface area contributed by atoms with Crippen LogP contribution >= 0.6 is 0 Å². The van der Waals surface area contributed by atoms with Gasteiger partial charge < -0.3 is 24.6 Å². The highest BCUT2D eigenvalue weighted by molar-refractivity contribution is 5.79. The summed E-state index contributed by atoms with van der Waals surface area (Å²) in [5.41, 5.74) is -0.382. The Morgan fingerprint density at radius 3 is 2.36 bits per heavy atom. The van der Waals surface area contributed by atoms with Crippen molar-refractivity contribution in [3.05, 3.63) is 24.3 Å². The lowest BCUT2D eigenvalue weighted by Gasteiger charge is -2.33. The minimum Gasteiger partial charge on any atom is -0.486 e. The average Bonchev–Trinajstić information content (AvgIpc) is 3.33. The molecule has 1 aromatic rings. The van der Waals surface area contributed by atoms with E-state index >= 15 is 0 Å². The van der Waals surface area contributed by atoms with Crippen LogP contribution in [0.5, 0.6) is 5.75 Å². The number of nitrogens with one attached hydrogen (secondary N) is 1. The van der Waals surface area contributed by atoms with Crippen LogP contribution in [0.25, 0.3) is 0 Å². The predicted octanol–water partition coefficient (Wildman–Crippen LogP) is 3.07. The molecule has 1 N–H and O–H groups in total. The summed E-state index contributed by atoms with van der Waals surface area (Å²) >= 11 is 0. The number of carbonyl (C=O) groups is 2. The molecular formula is C23H34FN5O4. The van der Waals surface area contributed by atoms with E-state index in [4.69, 9.17) is 9.47 Å². The van der Waals surface area contributed by atoms with Gasteiger partial charge in [-0.2, -0.15) is 0 Å². The number of anilines is 1. The van der Waals surface area contributed by atoms with Crippen LogP contribution in [-0.4, -0.2) is 71.8 Å². The molecular weight excluding hydrogens is 429 g/mol. The summed E-state index contributed by atoms with van der Waals surface area (Å²) in [5.74, 6) is 1.36. The van der Waals surface area contributed by atoms with E-state index in [1.807, 2.05) is 4.90 Å². The Balaban J connectivity index is 1.41. The van der Waals surface area contributed by atoms with E-state index in [9.17, 15) is 14.0 Å². The van der Waals surface area contributed by atoms with Crippen LogP contribution in [0.1, 0.15) is 46.5 Å². The third-order valence-corrected chi connectivity index (χ3v) is 5.60. The molecule has 9 nitrogen and oxygen atoms in total. The Labute approximate surface area is 194 Å². The normalized spacial score (nSPS) is 17.8. The number of ether oxygens (including phenoxy) is 2. The fraction of sp³-hybridized carbons (Fsp3) is 0.652. The number of nitrogens with zero attached hydrogens (tertiary/aromatic N) is 4. The quantitative estimate of drug-likeness (QED) is 0.664. The molecule has 2 fully saturated rings. The van der Waals surface area contributed by atoms with Crippen molar-refractivity contribution in [2.24, 2.45) is 5.92 Å². The lowest BCUT2D eigenvalue weighted by atomic mass is 9.95. The van der Waals surface area contributed by atoms with Gasteiger partial charge in [0, 0.05) is 44.2 Å². The zero-order valence-electron chi connectivity index (χ0n) is 19.7. The monoisotopic (exact) mass is 463 g/mol. The van der Waals surface area contributed by atoms with E-state index in [0.717, 1.165) is 51.9 Å². The van der Waals surface area contributed by atoms with Crippen molar-refractivity contribution in [3.8, 4) is 5.75 Å². The highest BCUT2D eigenvalue weighted by Crippen LogP contribution is 2.24. The number of aromatic nitrogens is 2. The lowest BCUT2D eigenvalue weighted by Crippen LogP contribution is -2.42. The van der Waals surface area contributed by atoms with Gasteiger partial charge in [0.1, 0.15) is 12.2 Å². The maximum Gasteiger partial charge on any atom is 0.407 e. The molecule has 2 aliphatic heterocycles. The molecule has 0 unspecified atom stereocenters. The van der Waals surface area contributed by atoms with Crippen molar-refractivity contribution < 1.29 is 23.5 Å². The molecule has 0 spiro atoms. The van der Waals surface area contributed by atoms with Crippen LogP contribution in [0.4, 0.5) is 15.1 Å². The van der Waals surface area contributed by atoms with Gasteiger partial charge in [0.25, 0.3) is 0 Å². The van der Waals surface area contributed by atoms with E-state index in [-0.39, 0.29) is 30.5 Å². The molecule has 0 atom stereocenters. The molecule has 182 valence electrons. The molecule has 1 aromatic heterocycles. The van der Waals surface area contributed by atoms with Crippen LogP contribution in [-0.2, 0) is 9.53 Å². The number of halogens is 1. The number of hydrogen-bond donors (Lipinski definition) is 1. The minimum absolute atomic E-state index is 0.0323. The highest BCUT2D eigenvalue weighted by Gasteiger charge is 2.30. The SMILES string of the molecule is CC(C)(C)OC(=O)NC/C(=C\F)COc1cnc(N2CCC(C(=O)N3CCCC3)CC2)nc1. The molecule has 2 aliphatic rings. The van der Waals surface area contributed by atoms with Gasteiger partial charge in [-0.1, -0.05) is 0 Å². The van der Waals surface area contributed by atoms with E-state index in [1.165, 1.54) is 0 Å². The fourth-order valence-corrected chi connectivity index (χ4v) is 3.87. The summed E-state index contributed by atoms with van der Waals surface area (Å²) in [6, 6.07) is 0. The van der Waals surface area contributed by atoms with Crippen molar-refractivity contribution in [2.75, 3.05) is 44.2 Å². The van der Waals surface area contributed by atoms with Gasteiger partial charge in [-0.15, -0.1) is 0 Å². The first-order chi connectivity index (χ1) is 15.7. The van der Waals surface area contributed by atoms with Crippen LogP contribution in [0.3, 0.4) is 0 Å². The second-order valence-electron chi connectivity index (χ2n) is 9.42. The number of rotatable bonds is 7. The number of amides is 2. The molecule has 33 heavy (non-hydrogen) atoms. The topological polar surface area (TPSA) is 96.9 Å². The van der Waals surface area contributed by atoms with Crippen molar-refractivity contribution in [1.29, 1.82) is 0 Å². The molecule has 2 amide bonds. The summed E-state index contributed by atoms with van der Waals surface area (Å²) in [4.78, 5) is 37.1. The van der Waals surface area contributed by atoms with Crippen molar-refractivity contribution in [2.45, 2.75) is 52.1 Å². The molecule has 2 saturated heterocycles. The molecule has 10 heteroatoms. The third kappa shape index (κ3) is 7.57. The summed E-state index contributed by atoms with van der Waals surface area (Å²) in [6.45, 7) is 8.41. The number of carbonyl (C=O) groups excluding carboxylic acids is 2. The maximum absolute atomic E-state index is 13.1. The lowest BCUT2D eigenvalue weighted by molar-refractivity contribution is -0.135. The summed E-state index contributed by atoms with van der Waals surface area (Å²) in [5, 5.41) is 2.49. The molecule has 3 heterocycles. The average molecular weight is 464 g/mol. The van der Waals surface area contributed by atoms with Crippen LogP contribution in [0.2, 0.25) is 0 Å². The smallest absolute Gasteiger partial charge is 0.407 e. The van der Waals surface area contributed by atoms with Gasteiger partial charge >= 0.3 is 6.09 Å². The van der Waals surface area contributed by atoms with Gasteiger partial charge in [-0.3, -0.25) is 4.79 Å². The molecule has 3 rings (SSSR count). The van der Waals surface area contributed by atoms with Crippen molar-refractivity contribution in [3.63, 3.8) is 0 Å². The van der Waals surface area contributed by atoms with Gasteiger partial charge in [0.15, 0.2) is 5.75 Å². The van der Waals surface area contributed by atoms with Crippen molar-refractivity contribution >= 4 is 17.9 Å². The number of piperidine rings is 1. The summed E-state index contributed by atoms with van der Waals surface area (Å²) < 4.78 is 23.8. The zero-order chi connectivity index (χ0) is 23.8. The second kappa shape index (κ2) is 11.3. The summed E-state index contributed by atoms with van der Waals surface area (Å²) in [6.07, 6.45) is 6.67. The highest BCUT2D eigenvalue weighted by atomic mass is 19.1. The Morgan fingerprint density at radius 2 is 1.79 bits per heavy atom. The zero-order valence-corrected chi connectivity index (χ0v) is 19.7. The predicted molar refractivity (Wildman–Crippen MR) is 122 cm³/mol. The Bertz CT molecular complexity index is 826. The van der Waals surface area contributed by atoms with Gasteiger partial charge in [0.2, 0.25) is 11.9 Å². The van der Waals surface area contributed by atoms with Crippen molar-refractivity contribution in [1.82, 2.24) is 20.2 Å². The Kier molecular flexibility index (Phi) is 8.46. The molecule has 0 aliphatic carbocycles. The standard InChI is InChI=1S/C23H34FN5O4/c1-23(2,3)33-22(31)27-13-17(12-24)16-32-19-14-25-21(26-15-19)29-10-6-18(7-11-29)20(30)28-8-4-5-9-28/h12,14-15,18H,4-11,13,16H2,1-3H3,(H,27,31)/b17-12+. The number of alkyl carbamates (subject to hydrolysis) is 1. The molecule has 0 saturated carbocycles. The van der Waals surface area contributed by atoms with Gasteiger partial charge in [0.05, 0.1) is 18.7 Å². The van der Waals surface area contributed by atoms with E-state index < -0.39 is 11.7 Å². The minimum atomic E-state index is -0.627. The summed E-state index contributed by atoms with van der Waals surface area (Å²) in [7, 11) is 0. The van der Waals surface area contributed by atoms with Gasteiger partial charge in [-0.25, -0.2) is 19.2 Å². The second-order valence-corrected chi connectivity index (χ2v) is 9.42. The molecule has 0 aromatic carbocycles. The number of hydrogen-bond acceptors (Lipinski definition) is 7. The molecule has 0 bridgehead atoms. The first-order valence-corrected chi connectivity index (χ1v) is 11.5. The first kappa shape index (κ1) is 24.7. The first-order valence-electron chi connectivity index (χ1n) is 11.5. The number of likely N-dealkylation sites (tertiary alicyclic amines) is 1.